The Morgan fingerprint density at radius 2 is 2.33 bits per heavy atom. The zero-order chi connectivity index (χ0) is 8.55. The number of likely N-dealkylation sites (tertiary alicyclic amines) is 1. The number of aliphatic hydroxyl groups is 1. The Balaban J connectivity index is 1.88. The van der Waals surface area contributed by atoms with Crippen molar-refractivity contribution in [2.24, 2.45) is 7.05 Å². The average Bonchev–Trinajstić information content (AvgIpc) is 2.33. The van der Waals surface area contributed by atoms with Crippen molar-refractivity contribution in [2.75, 3.05) is 13.1 Å². The summed E-state index contributed by atoms with van der Waals surface area (Å²) in [6, 6.07) is 0. The molecule has 0 spiro atoms. The van der Waals surface area contributed by atoms with E-state index in [9.17, 15) is 0 Å². The highest BCUT2D eigenvalue weighted by atomic mass is 16.3. The molecule has 0 bridgehead atoms. The summed E-state index contributed by atoms with van der Waals surface area (Å²) in [7, 11) is 1.74. The molecule has 1 aliphatic heterocycles. The summed E-state index contributed by atoms with van der Waals surface area (Å²) in [6.07, 6.45) is -0.165. The number of β-amino-alcohol motifs (C(OH)–C–C–N with tert-alkyl or cyclic N) is 1. The lowest BCUT2D eigenvalue weighted by Gasteiger charge is -2.34. The summed E-state index contributed by atoms with van der Waals surface area (Å²) in [6.45, 7) is 2.13. The van der Waals surface area contributed by atoms with Crippen molar-refractivity contribution in [3.8, 4) is 0 Å². The van der Waals surface area contributed by atoms with Crippen LogP contribution < -0.4 is 0 Å². The summed E-state index contributed by atoms with van der Waals surface area (Å²) < 4.78 is 0. The molecule has 1 N–H and O–H groups in total. The average molecular weight is 169 g/mol. The zero-order valence-corrected chi connectivity index (χ0v) is 6.88. The molecule has 6 heteroatoms. The summed E-state index contributed by atoms with van der Waals surface area (Å²) in [5.74, 6) is 0.712. The van der Waals surface area contributed by atoms with E-state index in [4.69, 9.17) is 5.11 Å². The molecular formula is C6H11N5O. The third-order valence-corrected chi connectivity index (χ3v) is 1.85. The quantitative estimate of drug-likeness (QED) is 0.576. The van der Waals surface area contributed by atoms with Crippen molar-refractivity contribution >= 4 is 0 Å². The molecule has 0 unspecified atom stereocenters. The van der Waals surface area contributed by atoms with Crippen LogP contribution in [-0.4, -0.2) is 49.4 Å². The highest BCUT2D eigenvalue weighted by Gasteiger charge is 2.25. The number of aliphatic hydroxyl groups excluding tert-OH is 1. The molecule has 1 aromatic heterocycles. The maximum absolute atomic E-state index is 9.00. The molecule has 2 rings (SSSR count). The molecule has 2 heterocycles. The lowest BCUT2D eigenvalue weighted by Crippen LogP contribution is -2.50. The highest BCUT2D eigenvalue weighted by Crippen LogP contribution is 2.09. The first-order valence-corrected chi connectivity index (χ1v) is 3.87. The maximum atomic E-state index is 9.00. The van der Waals surface area contributed by atoms with Gasteiger partial charge in [-0.25, -0.2) is 0 Å². The second kappa shape index (κ2) is 2.80. The standard InChI is InChI=1S/C6H11N5O/c1-10-8-6(7-9-10)4-11-2-5(12)3-11/h5,12H,2-4H2,1H3. The van der Waals surface area contributed by atoms with Crippen LogP contribution in [0.5, 0.6) is 0 Å². The minimum absolute atomic E-state index is 0.165. The monoisotopic (exact) mass is 169 g/mol. The SMILES string of the molecule is Cn1nnc(CN2CC(O)C2)n1. The largest absolute Gasteiger partial charge is 0.390 e. The molecule has 1 aromatic rings. The van der Waals surface area contributed by atoms with Crippen LogP contribution in [0.1, 0.15) is 5.82 Å². The Hall–Kier alpha value is -1.01. The van der Waals surface area contributed by atoms with Gasteiger partial charge in [0.05, 0.1) is 19.7 Å². The number of hydrogen-bond donors (Lipinski definition) is 1. The van der Waals surface area contributed by atoms with Crippen LogP contribution in [0.15, 0.2) is 0 Å². The minimum atomic E-state index is -0.165. The Kier molecular flexibility index (Phi) is 1.78. The van der Waals surface area contributed by atoms with Gasteiger partial charge in [0.25, 0.3) is 0 Å². The first-order valence-electron chi connectivity index (χ1n) is 3.87. The fourth-order valence-corrected chi connectivity index (χ4v) is 1.26. The molecule has 0 saturated carbocycles. The van der Waals surface area contributed by atoms with E-state index in [0.717, 1.165) is 13.1 Å². The summed E-state index contributed by atoms with van der Waals surface area (Å²) in [5, 5.41) is 20.6. The molecule has 0 aromatic carbocycles. The first-order chi connectivity index (χ1) is 5.74. The van der Waals surface area contributed by atoms with Crippen LogP contribution in [0.3, 0.4) is 0 Å². The molecule has 0 amide bonds. The van der Waals surface area contributed by atoms with Crippen LogP contribution in [0.4, 0.5) is 0 Å². The third kappa shape index (κ3) is 1.44. The van der Waals surface area contributed by atoms with Gasteiger partial charge in [-0.15, -0.1) is 10.2 Å². The molecule has 0 aliphatic carbocycles. The zero-order valence-electron chi connectivity index (χ0n) is 6.88. The van der Waals surface area contributed by atoms with E-state index in [0.29, 0.717) is 12.4 Å². The van der Waals surface area contributed by atoms with Gasteiger partial charge in [0, 0.05) is 13.1 Å². The number of aryl methyl sites for hydroxylation is 1. The van der Waals surface area contributed by atoms with Crippen molar-refractivity contribution < 1.29 is 5.11 Å². The van der Waals surface area contributed by atoms with Crippen molar-refractivity contribution in [1.82, 2.24) is 25.1 Å². The first kappa shape index (κ1) is 7.63. The van der Waals surface area contributed by atoms with Gasteiger partial charge < -0.3 is 5.11 Å². The molecule has 12 heavy (non-hydrogen) atoms. The Morgan fingerprint density at radius 3 is 2.83 bits per heavy atom. The van der Waals surface area contributed by atoms with Crippen molar-refractivity contribution in [3.63, 3.8) is 0 Å². The van der Waals surface area contributed by atoms with Gasteiger partial charge >= 0.3 is 0 Å². The van der Waals surface area contributed by atoms with Crippen LogP contribution in [0, 0.1) is 0 Å². The van der Waals surface area contributed by atoms with E-state index in [1.165, 1.54) is 4.80 Å². The van der Waals surface area contributed by atoms with Crippen molar-refractivity contribution in [2.45, 2.75) is 12.6 Å². The Labute approximate surface area is 69.8 Å². The number of nitrogens with zero attached hydrogens (tertiary/aromatic N) is 5. The van der Waals surface area contributed by atoms with Gasteiger partial charge in [-0.3, -0.25) is 4.90 Å². The van der Waals surface area contributed by atoms with Crippen LogP contribution >= 0.6 is 0 Å². The molecule has 6 nitrogen and oxygen atoms in total. The Morgan fingerprint density at radius 1 is 1.58 bits per heavy atom. The van der Waals surface area contributed by atoms with E-state index >= 15 is 0 Å². The van der Waals surface area contributed by atoms with E-state index in [1.54, 1.807) is 7.05 Å². The maximum Gasteiger partial charge on any atom is 0.188 e. The molecule has 0 atom stereocenters. The normalized spacial score (nSPS) is 19.5. The van der Waals surface area contributed by atoms with Gasteiger partial charge in [0.2, 0.25) is 0 Å². The van der Waals surface area contributed by atoms with E-state index in [2.05, 4.69) is 20.3 Å². The van der Waals surface area contributed by atoms with Gasteiger partial charge in [-0.05, 0) is 5.21 Å². The van der Waals surface area contributed by atoms with E-state index in [1.807, 2.05) is 0 Å². The number of hydrogen-bond acceptors (Lipinski definition) is 5. The summed E-state index contributed by atoms with van der Waals surface area (Å²) in [5.41, 5.74) is 0. The third-order valence-electron chi connectivity index (χ3n) is 1.85. The second-order valence-electron chi connectivity index (χ2n) is 3.04. The van der Waals surface area contributed by atoms with E-state index in [-0.39, 0.29) is 6.10 Å². The lowest BCUT2D eigenvalue weighted by molar-refractivity contribution is -0.00431. The van der Waals surface area contributed by atoms with Gasteiger partial charge in [0.1, 0.15) is 0 Å². The topological polar surface area (TPSA) is 67.1 Å². The van der Waals surface area contributed by atoms with Gasteiger partial charge in [-0.2, -0.15) is 4.80 Å². The second-order valence-corrected chi connectivity index (χ2v) is 3.04. The summed E-state index contributed by atoms with van der Waals surface area (Å²) in [4.78, 5) is 3.51. The molecule has 1 saturated heterocycles. The minimum Gasteiger partial charge on any atom is -0.390 e. The predicted molar refractivity (Wildman–Crippen MR) is 40.1 cm³/mol. The smallest absolute Gasteiger partial charge is 0.188 e. The highest BCUT2D eigenvalue weighted by molar-refractivity contribution is 4.84. The summed E-state index contributed by atoms with van der Waals surface area (Å²) >= 11 is 0. The molecule has 0 radical (unpaired) electrons. The molecular weight excluding hydrogens is 158 g/mol. The van der Waals surface area contributed by atoms with Crippen molar-refractivity contribution in [3.05, 3.63) is 5.82 Å². The van der Waals surface area contributed by atoms with Crippen molar-refractivity contribution in [1.29, 1.82) is 0 Å². The van der Waals surface area contributed by atoms with Crippen LogP contribution in [0.2, 0.25) is 0 Å². The van der Waals surface area contributed by atoms with Gasteiger partial charge in [-0.1, -0.05) is 0 Å². The number of aromatic nitrogens is 4. The fourth-order valence-electron chi connectivity index (χ4n) is 1.26. The number of tetrazole rings is 1. The predicted octanol–water partition coefficient (Wildman–Crippen LogP) is -1.61. The molecule has 1 fully saturated rings. The van der Waals surface area contributed by atoms with Crippen LogP contribution in [-0.2, 0) is 13.6 Å². The fraction of sp³-hybridized carbons (Fsp3) is 0.833. The molecule has 1 aliphatic rings. The molecule has 66 valence electrons. The number of rotatable bonds is 2. The van der Waals surface area contributed by atoms with Gasteiger partial charge in [0.15, 0.2) is 5.82 Å². The lowest BCUT2D eigenvalue weighted by atomic mass is 10.2. The Bertz CT molecular complexity index is 267. The van der Waals surface area contributed by atoms with Crippen LogP contribution in [0.25, 0.3) is 0 Å². The van der Waals surface area contributed by atoms with E-state index < -0.39 is 0 Å².